The first-order valence-corrected chi connectivity index (χ1v) is 10.7. The van der Waals surface area contributed by atoms with Crippen LogP contribution in [0, 0.1) is 0 Å². The van der Waals surface area contributed by atoms with Crippen molar-refractivity contribution in [2.75, 3.05) is 27.9 Å². The largest absolute Gasteiger partial charge is 0.504 e. The number of benzene rings is 3. The summed E-state index contributed by atoms with van der Waals surface area (Å²) in [6.07, 6.45) is 1.49. The number of rotatable bonds is 7. The highest BCUT2D eigenvalue weighted by molar-refractivity contribution is 5.54. The number of phenolic OH excluding ortho intramolecular Hbond substituents is 2. The molecule has 3 aromatic carbocycles. The van der Waals surface area contributed by atoms with E-state index in [0.717, 1.165) is 36.2 Å². The van der Waals surface area contributed by atoms with Crippen LogP contribution in [0.2, 0.25) is 0 Å². The summed E-state index contributed by atoms with van der Waals surface area (Å²) in [7, 11) is 4.81. The molecule has 0 amide bonds. The standard InChI is InChI=1S/C26H29NO5/c1-30-24-12-18(13-25(31-2)26(24)32-3)11-21-20-15-23(29)22(28)14-19(20)9-10-27(21)16-17-7-5-4-6-8-17/h4-8,12-15,21,28-29H,9-11,16H2,1-3H3/t21-/m0/s1. The second-order valence-corrected chi connectivity index (χ2v) is 8.00. The van der Waals surface area contributed by atoms with Crippen LogP contribution in [0.15, 0.2) is 54.6 Å². The summed E-state index contributed by atoms with van der Waals surface area (Å²) in [6.45, 7) is 1.64. The third kappa shape index (κ3) is 4.32. The Hall–Kier alpha value is -3.38. The van der Waals surface area contributed by atoms with Gasteiger partial charge in [-0.1, -0.05) is 30.3 Å². The number of nitrogens with zero attached hydrogens (tertiary/aromatic N) is 1. The lowest BCUT2D eigenvalue weighted by Gasteiger charge is -2.38. The predicted molar refractivity (Wildman–Crippen MR) is 123 cm³/mol. The normalized spacial score (nSPS) is 15.8. The molecule has 1 aliphatic heterocycles. The van der Waals surface area contributed by atoms with E-state index in [1.807, 2.05) is 30.3 Å². The summed E-state index contributed by atoms with van der Waals surface area (Å²) in [4.78, 5) is 2.41. The van der Waals surface area contributed by atoms with Crippen molar-refractivity contribution in [3.8, 4) is 28.7 Å². The summed E-state index contributed by atoms with van der Waals surface area (Å²) >= 11 is 0. The van der Waals surface area contributed by atoms with E-state index in [0.29, 0.717) is 23.7 Å². The zero-order chi connectivity index (χ0) is 22.7. The van der Waals surface area contributed by atoms with E-state index in [2.05, 4.69) is 17.0 Å². The monoisotopic (exact) mass is 435 g/mol. The van der Waals surface area contributed by atoms with Gasteiger partial charge in [0.1, 0.15) is 0 Å². The molecule has 0 bridgehead atoms. The molecule has 0 spiro atoms. The van der Waals surface area contributed by atoms with Crippen LogP contribution in [0.3, 0.4) is 0 Å². The highest BCUT2D eigenvalue weighted by atomic mass is 16.5. The summed E-state index contributed by atoms with van der Waals surface area (Å²) in [5.74, 6) is 1.61. The Labute approximate surface area is 188 Å². The van der Waals surface area contributed by atoms with Gasteiger partial charge in [0.2, 0.25) is 5.75 Å². The van der Waals surface area contributed by atoms with Gasteiger partial charge >= 0.3 is 0 Å². The van der Waals surface area contributed by atoms with Crippen molar-refractivity contribution >= 4 is 0 Å². The number of methoxy groups -OCH3 is 3. The van der Waals surface area contributed by atoms with Gasteiger partial charge in [0.15, 0.2) is 23.0 Å². The minimum absolute atomic E-state index is 0.00765. The Morgan fingerprint density at radius 3 is 2.12 bits per heavy atom. The molecule has 4 rings (SSSR count). The topological polar surface area (TPSA) is 71.4 Å². The van der Waals surface area contributed by atoms with Crippen LogP contribution in [0.25, 0.3) is 0 Å². The van der Waals surface area contributed by atoms with Gasteiger partial charge in [-0.15, -0.1) is 0 Å². The number of fused-ring (bicyclic) bond motifs is 1. The molecule has 1 aliphatic rings. The minimum atomic E-state index is -0.0970. The van der Waals surface area contributed by atoms with Crippen LogP contribution in [0.1, 0.15) is 28.3 Å². The first kappa shape index (κ1) is 21.8. The van der Waals surface area contributed by atoms with Crippen molar-refractivity contribution in [3.05, 3.63) is 76.9 Å². The molecule has 6 nitrogen and oxygen atoms in total. The molecule has 168 valence electrons. The van der Waals surface area contributed by atoms with Crippen LogP contribution in [0.5, 0.6) is 28.7 Å². The molecule has 0 fully saturated rings. The number of aromatic hydroxyl groups is 2. The fourth-order valence-corrected chi connectivity index (χ4v) is 4.50. The lowest BCUT2D eigenvalue weighted by atomic mass is 9.87. The maximum Gasteiger partial charge on any atom is 0.203 e. The molecule has 0 aromatic heterocycles. The van der Waals surface area contributed by atoms with Gasteiger partial charge in [0.05, 0.1) is 21.3 Å². The van der Waals surface area contributed by atoms with E-state index < -0.39 is 0 Å². The molecule has 3 aromatic rings. The van der Waals surface area contributed by atoms with Gasteiger partial charge in [-0.25, -0.2) is 0 Å². The SMILES string of the molecule is COc1cc(C[C@H]2c3cc(O)c(O)cc3CCN2Cc2ccccc2)cc(OC)c1OC. The molecule has 0 saturated heterocycles. The third-order valence-corrected chi connectivity index (χ3v) is 6.09. The second-order valence-electron chi connectivity index (χ2n) is 8.00. The average Bonchev–Trinajstić information content (AvgIpc) is 2.81. The van der Waals surface area contributed by atoms with E-state index in [1.165, 1.54) is 5.56 Å². The maximum absolute atomic E-state index is 10.2. The zero-order valence-electron chi connectivity index (χ0n) is 18.7. The van der Waals surface area contributed by atoms with Crippen molar-refractivity contribution in [2.24, 2.45) is 0 Å². The molecule has 0 aliphatic carbocycles. The van der Waals surface area contributed by atoms with E-state index in [1.54, 1.807) is 33.5 Å². The quantitative estimate of drug-likeness (QED) is 0.534. The fraction of sp³-hybridized carbons (Fsp3) is 0.308. The van der Waals surface area contributed by atoms with Gasteiger partial charge in [-0.3, -0.25) is 4.90 Å². The summed E-state index contributed by atoms with van der Waals surface area (Å²) in [5, 5.41) is 20.3. The Bertz CT molecular complexity index is 1060. The first-order chi connectivity index (χ1) is 15.5. The highest BCUT2D eigenvalue weighted by Gasteiger charge is 2.29. The molecule has 1 atom stereocenters. The summed E-state index contributed by atoms with van der Waals surface area (Å²) in [6, 6.07) is 17.7. The van der Waals surface area contributed by atoms with Crippen LogP contribution in [-0.4, -0.2) is 43.0 Å². The van der Waals surface area contributed by atoms with E-state index in [4.69, 9.17) is 14.2 Å². The van der Waals surface area contributed by atoms with Gasteiger partial charge in [0.25, 0.3) is 0 Å². The lowest BCUT2D eigenvalue weighted by molar-refractivity contribution is 0.174. The van der Waals surface area contributed by atoms with Crippen LogP contribution < -0.4 is 14.2 Å². The molecule has 2 N–H and O–H groups in total. The van der Waals surface area contributed by atoms with Gasteiger partial charge in [0, 0.05) is 19.1 Å². The number of phenols is 2. The van der Waals surface area contributed by atoms with Crippen molar-refractivity contribution in [2.45, 2.75) is 25.4 Å². The first-order valence-electron chi connectivity index (χ1n) is 10.7. The number of hydrogen-bond acceptors (Lipinski definition) is 6. The number of hydrogen-bond donors (Lipinski definition) is 2. The Morgan fingerprint density at radius 2 is 1.50 bits per heavy atom. The molecule has 1 heterocycles. The van der Waals surface area contributed by atoms with Crippen molar-refractivity contribution in [1.29, 1.82) is 0 Å². The van der Waals surface area contributed by atoms with E-state index in [9.17, 15) is 10.2 Å². The fourth-order valence-electron chi connectivity index (χ4n) is 4.50. The maximum atomic E-state index is 10.2. The summed E-state index contributed by atoms with van der Waals surface area (Å²) in [5.41, 5.74) is 4.34. The van der Waals surface area contributed by atoms with Crippen molar-refractivity contribution in [3.63, 3.8) is 0 Å². The Morgan fingerprint density at radius 1 is 0.844 bits per heavy atom. The minimum Gasteiger partial charge on any atom is -0.504 e. The summed E-state index contributed by atoms with van der Waals surface area (Å²) < 4.78 is 16.6. The molecular weight excluding hydrogens is 406 g/mol. The number of ether oxygens (including phenoxy) is 3. The average molecular weight is 436 g/mol. The van der Waals surface area contributed by atoms with Crippen LogP contribution in [-0.2, 0) is 19.4 Å². The molecule has 0 unspecified atom stereocenters. The predicted octanol–water partition coefficient (Wildman–Crippen LogP) is 4.47. The smallest absolute Gasteiger partial charge is 0.203 e. The van der Waals surface area contributed by atoms with Gasteiger partial charge < -0.3 is 24.4 Å². The van der Waals surface area contributed by atoms with Crippen LogP contribution >= 0.6 is 0 Å². The van der Waals surface area contributed by atoms with Gasteiger partial charge in [-0.2, -0.15) is 0 Å². The van der Waals surface area contributed by atoms with Gasteiger partial charge in [-0.05, 0) is 59.4 Å². The Kier molecular flexibility index (Phi) is 6.42. The molecule has 0 saturated carbocycles. The van der Waals surface area contributed by atoms with Crippen molar-refractivity contribution in [1.82, 2.24) is 4.90 Å². The van der Waals surface area contributed by atoms with E-state index >= 15 is 0 Å². The van der Waals surface area contributed by atoms with E-state index in [-0.39, 0.29) is 17.5 Å². The molecule has 32 heavy (non-hydrogen) atoms. The molecular formula is C26H29NO5. The van der Waals surface area contributed by atoms with Crippen LogP contribution in [0.4, 0.5) is 0 Å². The second kappa shape index (κ2) is 9.40. The lowest BCUT2D eigenvalue weighted by Crippen LogP contribution is -2.36. The van der Waals surface area contributed by atoms with Crippen molar-refractivity contribution < 1.29 is 24.4 Å². The Balaban J connectivity index is 1.74. The zero-order valence-corrected chi connectivity index (χ0v) is 18.7. The molecule has 0 radical (unpaired) electrons. The molecule has 6 heteroatoms. The third-order valence-electron chi connectivity index (χ3n) is 6.09. The highest BCUT2D eigenvalue weighted by Crippen LogP contribution is 2.42.